The minimum atomic E-state index is -0.0964. The van der Waals surface area contributed by atoms with Gasteiger partial charge in [-0.2, -0.15) is 0 Å². The highest BCUT2D eigenvalue weighted by atomic mass is 16.3. The van der Waals surface area contributed by atoms with Crippen LogP contribution in [-0.4, -0.2) is 35.0 Å². The fourth-order valence-corrected chi connectivity index (χ4v) is 1.87. The molecule has 1 aromatic heterocycles. The van der Waals surface area contributed by atoms with E-state index >= 15 is 0 Å². The van der Waals surface area contributed by atoms with Crippen molar-refractivity contribution < 1.29 is 5.11 Å². The summed E-state index contributed by atoms with van der Waals surface area (Å²) in [7, 11) is 1.98. The van der Waals surface area contributed by atoms with Gasteiger partial charge >= 0.3 is 0 Å². The SMILES string of the molecule is CN(CC1CC(O)C1)c1ccc(N)nn1. The summed E-state index contributed by atoms with van der Waals surface area (Å²) < 4.78 is 0. The van der Waals surface area contributed by atoms with E-state index in [2.05, 4.69) is 10.2 Å². The number of nitrogens with zero attached hydrogens (tertiary/aromatic N) is 3. The molecule has 15 heavy (non-hydrogen) atoms. The quantitative estimate of drug-likeness (QED) is 0.745. The lowest BCUT2D eigenvalue weighted by Gasteiger charge is -2.34. The van der Waals surface area contributed by atoms with E-state index < -0.39 is 0 Å². The van der Waals surface area contributed by atoms with Crippen LogP contribution < -0.4 is 10.6 Å². The lowest BCUT2D eigenvalue weighted by atomic mass is 9.82. The van der Waals surface area contributed by atoms with Crippen LogP contribution in [0.15, 0.2) is 12.1 Å². The van der Waals surface area contributed by atoms with Crippen LogP contribution in [0.2, 0.25) is 0 Å². The van der Waals surface area contributed by atoms with Crippen molar-refractivity contribution >= 4 is 11.6 Å². The van der Waals surface area contributed by atoms with E-state index in [0.29, 0.717) is 11.7 Å². The zero-order chi connectivity index (χ0) is 10.8. The lowest BCUT2D eigenvalue weighted by molar-refractivity contribution is 0.0464. The standard InChI is InChI=1S/C10H16N4O/c1-14(6-7-4-8(15)5-7)10-3-2-9(11)12-13-10/h2-3,7-8,15H,4-6H2,1H3,(H2,11,12). The molecule has 0 saturated heterocycles. The summed E-state index contributed by atoms with van der Waals surface area (Å²) in [4.78, 5) is 2.04. The molecule has 1 aliphatic rings. The Labute approximate surface area is 88.9 Å². The Morgan fingerprint density at radius 2 is 2.20 bits per heavy atom. The van der Waals surface area contributed by atoms with Gasteiger partial charge in [0.1, 0.15) is 5.82 Å². The summed E-state index contributed by atoms with van der Waals surface area (Å²) >= 11 is 0. The van der Waals surface area contributed by atoms with Crippen LogP contribution in [0.3, 0.4) is 0 Å². The minimum Gasteiger partial charge on any atom is -0.393 e. The van der Waals surface area contributed by atoms with Gasteiger partial charge in [-0.3, -0.25) is 0 Å². The number of nitrogen functional groups attached to an aromatic ring is 1. The van der Waals surface area contributed by atoms with E-state index in [-0.39, 0.29) is 6.10 Å². The number of rotatable bonds is 3. The summed E-state index contributed by atoms with van der Waals surface area (Å²) in [6.07, 6.45) is 1.69. The molecule has 1 saturated carbocycles. The maximum absolute atomic E-state index is 9.18. The monoisotopic (exact) mass is 208 g/mol. The van der Waals surface area contributed by atoms with Gasteiger partial charge in [-0.25, -0.2) is 0 Å². The van der Waals surface area contributed by atoms with Gasteiger partial charge in [0.15, 0.2) is 5.82 Å². The minimum absolute atomic E-state index is 0.0964. The molecule has 0 aromatic carbocycles. The van der Waals surface area contributed by atoms with E-state index in [0.717, 1.165) is 25.2 Å². The highest BCUT2D eigenvalue weighted by molar-refractivity contribution is 5.40. The van der Waals surface area contributed by atoms with Crippen molar-refractivity contribution in [2.75, 3.05) is 24.2 Å². The Bertz CT molecular complexity index is 321. The van der Waals surface area contributed by atoms with Crippen LogP contribution in [0.25, 0.3) is 0 Å². The van der Waals surface area contributed by atoms with E-state index in [1.54, 1.807) is 6.07 Å². The van der Waals surface area contributed by atoms with Gasteiger partial charge in [-0.05, 0) is 30.9 Å². The van der Waals surface area contributed by atoms with Gasteiger partial charge in [0.05, 0.1) is 6.10 Å². The summed E-state index contributed by atoms with van der Waals surface area (Å²) in [6.45, 7) is 0.912. The third-order valence-corrected chi connectivity index (χ3v) is 2.81. The Balaban J connectivity index is 1.90. The second kappa shape index (κ2) is 4.02. The molecule has 82 valence electrons. The molecule has 1 fully saturated rings. The van der Waals surface area contributed by atoms with Crippen LogP contribution in [0.5, 0.6) is 0 Å². The summed E-state index contributed by atoms with van der Waals surface area (Å²) in [6, 6.07) is 3.60. The lowest BCUT2D eigenvalue weighted by Crippen LogP contribution is -2.37. The molecule has 1 aromatic rings. The number of hydrogen-bond donors (Lipinski definition) is 2. The Kier molecular flexibility index (Phi) is 2.73. The number of aliphatic hydroxyl groups excluding tert-OH is 1. The first-order valence-electron chi connectivity index (χ1n) is 5.13. The van der Waals surface area contributed by atoms with Gasteiger partial charge in [0, 0.05) is 13.6 Å². The van der Waals surface area contributed by atoms with Crippen LogP contribution in [0, 0.1) is 5.92 Å². The van der Waals surface area contributed by atoms with Gasteiger partial charge in [-0.15, -0.1) is 10.2 Å². The molecule has 2 rings (SSSR count). The van der Waals surface area contributed by atoms with Crippen molar-refractivity contribution in [3.05, 3.63) is 12.1 Å². The zero-order valence-electron chi connectivity index (χ0n) is 8.80. The van der Waals surface area contributed by atoms with Crippen molar-refractivity contribution in [1.29, 1.82) is 0 Å². The van der Waals surface area contributed by atoms with Crippen molar-refractivity contribution in [2.45, 2.75) is 18.9 Å². The summed E-state index contributed by atoms with van der Waals surface area (Å²) in [5.74, 6) is 1.83. The fraction of sp³-hybridized carbons (Fsp3) is 0.600. The molecular formula is C10H16N4O. The maximum Gasteiger partial charge on any atom is 0.151 e. The van der Waals surface area contributed by atoms with Crippen LogP contribution in [0.4, 0.5) is 11.6 Å². The maximum atomic E-state index is 9.18. The Morgan fingerprint density at radius 3 is 2.73 bits per heavy atom. The predicted octanol–water partition coefficient (Wildman–Crippen LogP) is 0.266. The number of aliphatic hydroxyl groups is 1. The molecule has 0 aliphatic heterocycles. The van der Waals surface area contributed by atoms with E-state index in [4.69, 9.17) is 5.73 Å². The summed E-state index contributed by atoms with van der Waals surface area (Å²) in [5, 5.41) is 17.0. The molecule has 0 radical (unpaired) electrons. The molecular weight excluding hydrogens is 192 g/mol. The van der Waals surface area contributed by atoms with Crippen molar-refractivity contribution in [3.8, 4) is 0 Å². The Morgan fingerprint density at radius 1 is 1.47 bits per heavy atom. The molecule has 0 spiro atoms. The molecule has 1 heterocycles. The van der Waals surface area contributed by atoms with Crippen molar-refractivity contribution in [1.82, 2.24) is 10.2 Å². The van der Waals surface area contributed by atoms with Crippen molar-refractivity contribution in [2.24, 2.45) is 5.92 Å². The van der Waals surface area contributed by atoms with Gasteiger partial charge < -0.3 is 15.7 Å². The smallest absolute Gasteiger partial charge is 0.151 e. The van der Waals surface area contributed by atoms with E-state index in [9.17, 15) is 5.11 Å². The number of anilines is 2. The first-order chi connectivity index (χ1) is 7.15. The third-order valence-electron chi connectivity index (χ3n) is 2.81. The molecule has 1 aliphatic carbocycles. The third kappa shape index (κ3) is 2.36. The van der Waals surface area contributed by atoms with Gasteiger partial charge in [-0.1, -0.05) is 0 Å². The van der Waals surface area contributed by atoms with Crippen LogP contribution in [-0.2, 0) is 0 Å². The Hall–Kier alpha value is -1.36. The van der Waals surface area contributed by atoms with Crippen LogP contribution in [0.1, 0.15) is 12.8 Å². The molecule has 5 nitrogen and oxygen atoms in total. The fourth-order valence-electron chi connectivity index (χ4n) is 1.87. The molecule has 0 bridgehead atoms. The normalized spacial score (nSPS) is 24.7. The second-order valence-electron chi connectivity index (χ2n) is 4.19. The largest absolute Gasteiger partial charge is 0.393 e. The number of hydrogen-bond acceptors (Lipinski definition) is 5. The highest BCUT2D eigenvalue weighted by Crippen LogP contribution is 2.28. The second-order valence-corrected chi connectivity index (χ2v) is 4.19. The van der Waals surface area contributed by atoms with Gasteiger partial charge in [0.2, 0.25) is 0 Å². The van der Waals surface area contributed by atoms with E-state index in [1.165, 1.54) is 0 Å². The molecule has 5 heteroatoms. The molecule has 3 N–H and O–H groups in total. The number of aromatic nitrogens is 2. The average Bonchev–Trinajstić information content (AvgIpc) is 2.16. The van der Waals surface area contributed by atoms with E-state index in [1.807, 2.05) is 18.0 Å². The first kappa shape index (κ1) is 10.2. The number of nitrogens with two attached hydrogens (primary N) is 1. The average molecular weight is 208 g/mol. The first-order valence-corrected chi connectivity index (χ1v) is 5.13. The molecule has 0 unspecified atom stereocenters. The van der Waals surface area contributed by atoms with Crippen molar-refractivity contribution in [3.63, 3.8) is 0 Å². The topological polar surface area (TPSA) is 75.3 Å². The molecule has 0 amide bonds. The molecule has 0 atom stereocenters. The van der Waals surface area contributed by atoms with Crippen LogP contribution >= 0.6 is 0 Å². The predicted molar refractivity (Wildman–Crippen MR) is 58.4 cm³/mol. The van der Waals surface area contributed by atoms with Gasteiger partial charge in [0.25, 0.3) is 0 Å². The highest BCUT2D eigenvalue weighted by Gasteiger charge is 2.28. The summed E-state index contributed by atoms with van der Waals surface area (Å²) in [5.41, 5.74) is 5.46. The zero-order valence-corrected chi connectivity index (χ0v) is 8.80.